The molecule has 38 heavy (non-hydrogen) atoms. The Morgan fingerprint density at radius 1 is 1.37 bits per heavy atom. The number of aromatic nitrogens is 4. The fraction of sp³-hybridized carbons (Fsp3) is 0.417. The van der Waals surface area contributed by atoms with E-state index < -0.39 is 32.1 Å². The van der Waals surface area contributed by atoms with Crippen molar-refractivity contribution in [1.29, 1.82) is 0 Å². The predicted octanol–water partition coefficient (Wildman–Crippen LogP) is 2.37. The summed E-state index contributed by atoms with van der Waals surface area (Å²) in [7, 11) is 0.857. The maximum absolute atomic E-state index is 13.6. The van der Waals surface area contributed by atoms with Gasteiger partial charge in [-0.05, 0) is 25.5 Å². The topological polar surface area (TPSA) is 156 Å². The lowest BCUT2D eigenvalue weighted by molar-refractivity contribution is -0.142. The van der Waals surface area contributed by atoms with Crippen molar-refractivity contribution < 1.29 is 27.9 Å². The van der Waals surface area contributed by atoms with Gasteiger partial charge >= 0.3 is 13.7 Å². The van der Waals surface area contributed by atoms with Crippen LogP contribution >= 0.6 is 7.75 Å². The van der Waals surface area contributed by atoms with Crippen molar-refractivity contribution in [2.75, 3.05) is 38.4 Å². The van der Waals surface area contributed by atoms with Gasteiger partial charge in [0.2, 0.25) is 5.95 Å². The highest BCUT2D eigenvalue weighted by atomic mass is 31.2. The lowest BCUT2D eigenvalue weighted by Gasteiger charge is -2.24. The number of terminal acetylenes is 1. The number of carbonyl (C=O) groups is 1. The van der Waals surface area contributed by atoms with Crippen molar-refractivity contribution in [2.24, 2.45) is 5.92 Å². The number of esters is 1. The number of hydrogen-bond donors (Lipinski definition) is 2. The summed E-state index contributed by atoms with van der Waals surface area (Å²) in [5.74, 6) is 2.70. The zero-order chi connectivity index (χ0) is 27.4. The summed E-state index contributed by atoms with van der Waals surface area (Å²) < 4.78 is 37.7. The highest BCUT2D eigenvalue weighted by molar-refractivity contribution is 7.52. The van der Waals surface area contributed by atoms with Crippen LogP contribution in [-0.4, -0.2) is 65.4 Å². The van der Waals surface area contributed by atoms with Crippen molar-refractivity contribution >= 4 is 36.6 Å². The molecule has 0 radical (unpaired) electrons. The number of anilines is 2. The maximum Gasteiger partial charge on any atom is 0.459 e. The molecule has 13 nitrogen and oxygen atoms in total. The van der Waals surface area contributed by atoms with E-state index >= 15 is 0 Å². The highest BCUT2D eigenvalue weighted by Crippen LogP contribution is 2.46. The van der Waals surface area contributed by atoms with Crippen LogP contribution in [0.3, 0.4) is 0 Å². The number of methoxy groups -OCH3 is 1. The number of rotatable bonds is 10. The number of nitrogens with zero attached hydrogens (tertiary/aromatic N) is 5. The largest absolute Gasteiger partial charge is 0.468 e. The third-order valence-corrected chi connectivity index (χ3v) is 7.47. The van der Waals surface area contributed by atoms with E-state index in [9.17, 15) is 9.36 Å². The van der Waals surface area contributed by atoms with E-state index in [2.05, 4.69) is 26.0 Å². The molecule has 1 saturated heterocycles. The van der Waals surface area contributed by atoms with Crippen LogP contribution in [0.5, 0.6) is 5.75 Å². The molecule has 0 unspecified atom stereocenters. The van der Waals surface area contributed by atoms with Gasteiger partial charge in [-0.3, -0.25) is 13.9 Å². The molecule has 5 atom stereocenters. The van der Waals surface area contributed by atoms with E-state index in [1.165, 1.54) is 14.0 Å². The fourth-order valence-electron chi connectivity index (χ4n) is 4.04. The minimum Gasteiger partial charge on any atom is -0.468 e. The van der Waals surface area contributed by atoms with Crippen molar-refractivity contribution in [1.82, 2.24) is 24.6 Å². The first-order chi connectivity index (χ1) is 18.1. The number of hydrogen-bond acceptors (Lipinski definition) is 11. The van der Waals surface area contributed by atoms with E-state index in [0.29, 0.717) is 29.2 Å². The molecular formula is C24H30N7O6P. The third kappa shape index (κ3) is 5.89. The molecule has 202 valence electrons. The van der Waals surface area contributed by atoms with Gasteiger partial charge in [0, 0.05) is 14.1 Å². The van der Waals surface area contributed by atoms with Gasteiger partial charge in [0.05, 0.1) is 32.1 Å². The quantitative estimate of drug-likeness (QED) is 0.219. The molecule has 0 bridgehead atoms. The maximum atomic E-state index is 13.6. The Morgan fingerprint density at radius 3 is 2.76 bits per heavy atom. The molecular weight excluding hydrogens is 513 g/mol. The van der Waals surface area contributed by atoms with Crippen LogP contribution < -0.4 is 20.2 Å². The number of nitrogens with two attached hydrogens (primary N) is 1. The normalized spacial score (nSPS) is 21.4. The van der Waals surface area contributed by atoms with Crippen LogP contribution in [0.15, 0.2) is 36.7 Å². The second kappa shape index (κ2) is 11.4. The van der Waals surface area contributed by atoms with Gasteiger partial charge < -0.3 is 24.6 Å². The Bertz CT molecular complexity index is 1380. The molecule has 3 N–H and O–H groups in total. The first-order valence-electron chi connectivity index (χ1n) is 11.8. The fourth-order valence-corrected chi connectivity index (χ4v) is 5.56. The van der Waals surface area contributed by atoms with Crippen LogP contribution in [-0.2, 0) is 23.4 Å². The summed E-state index contributed by atoms with van der Waals surface area (Å²) in [4.78, 5) is 26.8. The average Bonchev–Trinajstić information content (AvgIpc) is 3.50. The van der Waals surface area contributed by atoms with Crippen molar-refractivity contribution in [3.8, 4) is 18.1 Å². The molecule has 0 amide bonds. The first kappa shape index (κ1) is 27.3. The zero-order valence-electron chi connectivity index (χ0n) is 21.5. The molecule has 3 heterocycles. The Morgan fingerprint density at radius 2 is 2.11 bits per heavy atom. The SMILES string of the molecule is C#C[C@H]1C[C@@H](CO[P@@](=O)(N[C@H](C)C(=O)OC)Oc2ccccc2)O[C@H]1n1cnc2c(N(C)C)nc(N)nc21. The van der Waals surface area contributed by atoms with Gasteiger partial charge in [0.15, 0.2) is 23.2 Å². The minimum atomic E-state index is -4.03. The number of benzene rings is 1. The number of imidazole rings is 1. The van der Waals surface area contributed by atoms with E-state index in [1.54, 1.807) is 46.1 Å². The minimum absolute atomic E-state index is 0.0860. The van der Waals surface area contributed by atoms with Crippen molar-refractivity contribution in [2.45, 2.75) is 31.7 Å². The highest BCUT2D eigenvalue weighted by Gasteiger charge is 2.39. The summed E-state index contributed by atoms with van der Waals surface area (Å²) in [5, 5.41) is 2.62. The van der Waals surface area contributed by atoms with Crippen LogP contribution in [0.4, 0.5) is 11.8 Å². The van der Waals surface area contributed by atoms with E-state index in [4.69, 9.17) is 30.7 Å². The van der Waals surface area contributed by atoms with Crippen molar-refractivity contribution in [3.05, 3.63) is 36.7 Å². The molecule has 1 aromatic carbocycles. The predicted molar refractivity (Wildman–Crippen MR) is 140 cm³/mol. The third-order valence-electron chi connectivity index (χ3n) is 5.83. The number of nitrogen functional groups attached to an aromatic ring is 1. The molecule has 4 rings (SSSR count). The Labute approximate surface area is 220 Å². The molecule has 1 fully saturated rings. The van der Waals surface area contributed by atoms with Gasteiger partial charge in [-0.1, -0.05) is 24.1 Å². The zero-order valence-corrected chi connectivity index (χ0v) is 22.4. The van der Waals surface area contributed by atoms with Gasteiger partial charge in [0.25, 0.3) is 0 Å². The molecule has 1 aliphatic rings. The molecule has 0 aliphatic carbocycles. The molecule has 0 spiro atoms. The lowest BCUT2D eigenvalue weighted by Crippen LogP contribution is -2.35. The molecule has 14 heteroatoms. The Kier molecular flexibility index (Phi) is 8.18. The monoisotopic (exact) mass is 543 g/mol. The molecule has 3 aromatic rings. The number of para-hydroxylation sites is 1. The number of carbonyl (C=O) groups excluding carboxylic acids is 1. The second-order valence-corrected chi connectivity index (χ2v) is 10.5. The van der Waals surface area contributed by atoms with E-state index in [-0.39, 0.29) is 18.5 Å². The van der Waals surface area contributed by atoms with Crippen LogP contribution in [0.2, 0.25) is 0 Å². The van der Waals surface area contributed by atoms with Crippen molar-refractivity contribution in [3.63, 3.8) is 0 Å². The Balaban J connectivity index is 1.54. The summed E-state index contributed by atoms with van der Waals surface area (Å²) >= 11 is 0. The molecule has 1 aliphatic heterocycles. The van der Waals surface area contributed by atoms with Gasteiger partial charge in [-0.25, -0.2) is 9.55 Å². The molecule has 2 aromatic heterocycles. The lowest BCUT2D eigenvalue weighted by atomic mass is 10.0. The van der Waals surface area contributed by atoms with Gasteiger partial charge in [-0.15, -0.1) is 6.42 Å². The van der Waals surface area contributed by atoms with Crippen LogP contribution in [0.1, 0.15) is 19.6 Å². The summed E-state index contributed by atoms with van der Waals surface area (Å²) in [6, 6.07) is 7.51. The summed E-state index contributed by atoms with van der Waals surface area (Å²) in [5.41, 5.74) is 6.96. The van der Waals surface area contributed by atoms with E-state index in [0.717, 1.165) is 0 Å². The van der Waals surface area contributed by atoms with Gasteiger partial charge in [0.1, 0.15) is 11.8 Å². The summed E-state index contributed by atoms with van der Waals surface area (Å²) in [6.07, 6.45) is 6.64. The first-order valence-corrected chi connectivity index (χ1v) is 13.3. The number of ether oxygens (including phenoxy) is 2. The average molecular weight is 544 g/mol. The smallest absolute Gasteiger partial charge is 0.459 e. The standard InChI is InChI=1S/C24H30N7O6P/c1-6-16-12-18(36-22(16)31-14-26-19-20(30(3)4)27-24(25)28-21(19)31)13-35-38(33,29-15(2)23(32)34-5)37-17-10-8-7-9-11-17/h1,7-11,14-16,18,22H,12-13H2,2-5H3,(H,29,33)(H2,25,27,28)/t15-,16+,18+,22-,38+/m1/s1. The Hall–Kier alpha value is -3.69. The summed E-state index contributed by atoms with van der Waals surface area (Å²) in [6.45, 7) is 1.36. The van der Waals surface area contributed by atoms with Crippen LogP contribution in [0, 0.1) is 18.3 Å². The van der Waals surface area contributed by atoms with Crippen LogP contribution in [0.25, 0.3) is 11.2 Å². The number of fused-ring (bicyclic) bond motifs is 1. The second-order valence-electron chi connectivity index (χ2n) is 8.85. The number of nitrogens with one attached hydrogen (secondary N) is 1. The van der Waals surface area contributed by atoms with Gasteiger partial charge in [-0.2, -0.15) is 15.1 Å². The van der Waals surface area contributed by atoms with E-state index in [1.807, 2.05) is 14.1 Å². The molecule has 0 saturated carbocycles.